The van der Waals surface area contributed by atoms with E-state index in [0.717, 1.165) is 18.3 Å². The Hall–Kier alpha value is -2.07. The van der Waals surface area contributed by atoms with Crippen molar-refractivity contribution in [2.75, 3.05) is 0 Å². The molecule has 7 aliphatic rings. The van der Waals surface area contributed by atoms with Crippen LogP contribution in [0, 0.1) is 22.7 Å². The van der Waals surface area contributed by atoms with Crippen molar-refractivity contribution >= 4 is 12.3 Å². The summed E-state index contributed by atoms with van der Waals surface area (Å²) in [7, 11) is 0. The second kappa shape index (κ2) is 7.31. The first-order valence-corrected chi connectivity index (χ1v) is 13.5. The highest BCUT2D eigenvalue weighted by Gasteiger charge is 2.82. The van der Waals surface area contributed by atoms with Crippen molar-refractivity contribution in [1.82, 2.24) is 0 Å². The number of aliphatic hydroxyl groups is 1. The summed E-state index contributed by atoms with van der Waals surface area (Å²) in [4.78, 5) is 37.3. The minimum atomic E-state index is -1.29. The largest absolute Gasteiger partial charge is 0.459 e. The standard InChI is InChI=1S/C28H34O9/c1-15(30)34-22-11-20-19(26(14-29)21-10-17-12-28(22,26)37-25(3,35-17)36-21)6-8-24(2)18(7-9-27(20,24)32)16-4-5-23(31)33-13-16/h4-5,13-14,17-22,32H,6-12H2,1-3H3/t17-,18-,19+,20+,21+,22-,24-,25+,26-,27+,28+/m1/s1. The number of hydrogen-bond acceptors (Lipinski definition) is 9. The second-order valence-corrected chi connectivity index (χ2v) is 12.6. The Morgan fingerprint density at radius 1 is 1.14 bits per heavy atom. The molecule has 0 amide bonds. The number of rotatable bonds is 3. The van der Waals surface area contributed by atoms with E-state index >= 15 is 0 Å². The molecule has 7 fully saturated rings. The van der Waals surface area contributed by atoms with Gasteiger partial charge in [0.2, 0.25) is 0 Å². The first-order valence-electron chi connectivity index (χ1n) is 13.5. The van der Waals surface area contributed by atoms with Gasteiger partial charge in [-0.05, 0) is 61.5 Å². The van der Waals surface area contributed by atoms with Gasteiger partial charge in [-0.2, -0.15) is 0 Å². The van der Waals surface area contributed by atoms with E-state index in [1.54, 1.807) is 13.0 Å². The average Bonchev–Trinajstić information content (AvgIpc) is 3.10. The smallest absolute Gasteiger partial charge is 0.335 e. The van der Waals surface area contributed by atoms with Crippen LogP contribution >= 0.6 is 0 Å². The number of aldehydes is 1. The van der Waals surface area contributed by atoms with Crippen LogP contribution in [0.5, 0.6) is 0 Å². The van der Waals surface area contributed by atoms with Crippen LogP contribution in [-0.2, 0) is 28.5 Å². The third-order valence-electron chi connectivity index (χ3n) is 11.3. The van der Waals surface area contributed by atoms with E-state index in [-0.39, 0.29) is 23.9 Å². The molecule has 4 heterocycles. The Balaban J connectivity index is 1.35. The van der Waals surface area contributed by atoms with Crippen molar-refractivity contribution in [2.45, 2.75) is 107 Å². The molecule has 1 N–H and O–H groups in total. The number of esters is 1. The molecule has 1 aromatic heterocycles. The number of hydrogen-bond donors (Lipinski definition) is 1. The zero-order valence-corrected chi connectivity index (χ0v) is 21.4. The van der Waals surface area contributed by atoms with Crippen LogP contribution in [0.1, 0.15) is 77.2 Å². The number of carbonyl (C=O) groups excluding carboxylic acids is 2. The Kier molecular flexibility index (Phi) is 4.74. The normalized spacial score (nSPS) is 53.2. The minimum absolute atomic E-state index is 0.00338. The Morgan fingerprint density at radius 2 is 1.95 bits per heavy atom. The van der Waals surface area contributed by atoms with Crippen molar-refractivity contribution < 1.29 is 38.1 Å². The fourth-order valence-corrected chi connectivity index (χ4v) is 9.99. The molecule has 9 heteroatoms. The Labute approximate surface area is 214 Å². The van der Waals surface area contributed by atoms with Crippen molar-refractivity contribution in [3.8, 4) is 0 Å². The first kappa shape index (κ1) is 24.0. The van der Waals surface area contributed by atoms with Crippen LogP contribution in [-0.4, -0.2) is 52.8 Å². The molecule has 200 valence electrons. The zero-order valence-electron chi connectivity index (χ0n) is 21.4. The predicted molar refractivity (Wildman–Crippen MR) is 126 cm³/mol. The molecular weight excluding hydrogens is 480 g/mol. The lowest BCUT2D eigenvalue weighted by molar-refractivity contribution is -0.550. The van der Waals surface area contributed by atoms with Gasteiger partial charge in [0.15, 0.2) is 0 Å². The van der Waals surface area contributed by atoms with E-state index in [9.17, 15) is 19.5 Å². The van der Waals surface area contributed by atoms with Crippen LogP contribution in [0.3, 0.4) is 0 Å². The van der Waals surface area contributed by atoms with Gasteiger partial charge in [-0.15, -0.1) is 0 Å². The molecule has 11 atom stereocenters. The molecule has 1 aromatic rings. The van der Waals surface area contributed by atoms with Crippen molar-refractivity contribution in [1.29, 1.82) is 0 Å². The van der Waals surface area contributed by atoms with Gasteiger partial charge in [0.25, 0.3) is 5.97 Å². The van der Waals surface area contributed by atoms with Crippen molar-refractivity contribution in [3.05, 3.63) is 34.4 Å². The molecule has 4 saturated carbocycles. The molecule has 1 spiro atoms. The molecule has 4 bridgehead atoms. The van der Waals surface area contributed by atoms with Gasteiger partial charge >= 0.3 is 11.6 Å². The lowest BCUT2D eigenvalue weighted by Gasteiger charge is -2.74. The highest BCUT2D eigenvalue weighted by molar-refractivity contribution is 5.69. The summed E-state index contributed by atoms with van der Waals surface area (Å²) >= 11 is 0. The molecule has 37 heavy (non-hydrogen) atoms. The molecule has 3 aliphatic heterocycles. The fraction of sp³-hybridized carbons (Fsp3) is 0.750. The quantitative estimate of drug-likeness (QED) is 0.479. The highest BCUT2D eigenvalue weighted by Crippen LogP contribution is 2.74. The first-order chi connectivity index (χ1) is 17.5. The summed E-state index contributed by atoms with van der Waals surface area (Å²) in [6, 6.07) is 3.22. The maximum atomic E-state index is 13.4. The van der Waals surface area contributed by atoms with Gasteiger partial charge in [0, 0.05) is 38.2 Å². The van der Waals surface area contributed by atoms with Gasteiger partial charge in [0.05, 0.1) is 29.5 Å². The Bertz CT molecular complexity index is 1210. The van der Waals surface area contributed by atoms with Gasteiger partial charge in [-0.25, -0.2) is 4.79 Å². The van der Waals surface area contributed by atoms with Crippen molar-refractivity contribution in [2.24, 2.45) is 22.7 Å². The zero-order chi connectivity index (χ0) is 26.0. The summed E-state index contributed by atoms with van der Waals surface area (Å²) < 4.78 is 30.1. The fourth-order valence-electron chi connectivity index (χ4n) is 9.99. The molecule has 0 unspecified atom stereocenters. The van der Waals surface area contributed by atoms with Crippen LogP contribution < -0.4 is 5.63 Å². The summed E-state index contributed by atoms with van der Waals surface area (Å²) in [5.74, 6) is -2.24. The summed E-state index contributed by atoms with van der Waals surface area (Å²) in [6.45, 7) is 5.21. The molecule has 0 aromatic carbocycles. The third kappa shape index (κ3) is 2.76. The minimum Gasteiger partial charge on any atom is -0.459 e. The van der Waals surface area contributed by atoms with Gasteiger partial charge in [-0.1, -0.05) is 6.92 Å². The van der Waals surface area contributed by atoms with E-state index < -0.39 is 51.8 Å². The number of ether oxygens (including phenoxy) is 4. The number of fused-ring (bicyclic) bond motifs is 3. The van der Waals surface area contributed by atoms with Crippen molar-refractivity contribution in [3.63, 3.8) is 0 Å². The van der Waals surface area contributed by atoms with Crippen LogP contribution in [0.15, 0.2) is 27.6 Å². The predicted octanol–water partition coefficient (Wildman–Crippen LogP) is 2.82. The third-order valence-corrected chi connectivity index (χ3v) is 11.3. The lowest BCUT2D eigenvalue weighted by atomic mass is 9.40. The van der Waals surface area contributed by atoms with Gasteiger partial charge < -0.3 is 33.3 Å². The van der Waals surface area contributed by atoms with E-state index in [0.29, 0.717) is 38.5 Å². The monoisotopic (exact) mass is 514 g/mol. The summed E-state index contributed by atoms with van der Waals surface area (Å²) in [5.41, 5.74) is -3.25. The van der Waals surface area contributed by atoms with E-state index in [2.05, 4.69) is 6.92 Å². The molecule has 0 radical (unpaired) electrons. The number of carbonyl (C=O) groups is 2. The van der Waals surface area contributed by atoms with Crippen LogP contribution in [0.4, 0.5) is 0 Å². The summed E-state index contributed by atoms with van der Waals surface area (Å²) in [5, 5.41) is 12.6. The average molecular weight is 515 g/mol. The molecular formula is C28H34O9. The van der Waals surface area contributed by atoms with Gasteiger partial charge in [-0.3, -0.25) is 4.79 Å². The second-order valence-electron chi connectivity index (χ2n) is 12.6. The van der Waals surface area contributed by atoms with Crippen LogP contribution in [0.2, 0.25) is 0 Å². The maximum Gasteiger partial charge on any atom is 0.335 e. The highest BCUT2D eigenvalue weighted by atomic mass is 16.9. The van der Waals surface area contributed by atoms with Gasteiger partial charge in [0.1, 0.15) is 18.0 Å². The topological polar surface area (TPSA) is 122 Å². The molecule has 4 aliphatic carbocycles. The van der Waals surface area contributed by atoms with E-state index in [1.165, 1.54) is 19.3 Å². The van der Waals surface area contributed by atoms with E-state index in [4.69, 9.17) is 23.4 Å². The molecule has 3 saturated heterocycles. The summed E-state index contributed by atoms with van der Waals surface area (Å²) in [6.07, 6.45) is 5.28. The van der Waals surface area contributed by atoms with E-state index in [1.807, 2.05) is 0 Å². The molecule has 8 rings (SSSR count). The maximum absolute atomic E-state index is 13.4. The lowest BCUT2D eigenvalue weighted by Crippen LogP contribution is -2.84. The SMILES string of the molecule is CC(=O)O[C@@H]1C[C@H]2[C@H](CC[C@]3(C)[C@@H](c4ccc(=O)oc4)CC[C@]23O)[C@]2(C=O)[C@@H]3C[C@@H]4C[C@]12O[C@@](C)(O4)O3. The molecule has 9 nitrogen and oxygen atoms in total. The van der Waals surface area contributed by atoms with Crippen LogP contribution in [0.25, 0.3) is 0 Å². The Morgan fingerprint density at radius 3 is 2.62 bits per heavy atom.